The Morgan fingerprint density at radius 1 is 1.04 bits per heavy atom. The number of aromatic nitrogens is 4. The number of aliphatic hydroxyl groups excluding tert-OH is 1. The molecule has 0 fully saturated rings. The lowest BCUT2D eigenvalue weighted by Crippen LogP contribution is -2.14. The molecule has 2 heterocycles. The minimum Gasteiger partial charge on any atom is -0.370 e. The van der Waals surface area contributed by atoms with E-state index in [0.717, 1.165) is 28.0 Å². The summed E-state index contributed by atoms with van der Waals surface area (Å²) in [5, 5.41) is 21.0. The van der Waals surface area contributed by atoms with Crippen molar-refractivity contribution in [3.8, 4) is 0 Å². The third kappa shape index (κ3) is 3.99. The summed E-state index contributed by atoms with van der Waals surface area (Å²) in [6, 6.07) is 17.6. The van der Waals surface area contributed by atoms with Crippen molar-refractivity contribution in [3.63, 3.8) is 0 Å². The number of hydrogen-bond acceptors (Lipinski definition) is 6. The van der Waals surface area contributed by atoms with Crippen molar-refractivity contribution in [1.29, 1.82) is 0 Å². The van der Waals surface area contributed by atoms with Crippen LogP contribution >= 0.6 is 0 Å². The number of nitrogens with one attached hydrogen (secondary N) is 2. The number of anilines is 3. The molecule has 7 heteroatoms. The SMILES string of the molecule is C=CC(O)Nc1ccc(Cn2ncc3cnc(Nc4ccccc4)nc32)cc1. The minimum absolute atomic E-state index is 0.526. The van der Waals surface area contributed by atoms with Gasteiger partial charge >= 0.3 is 0 Å². The van der Waals surface area contributed by atoms with Gasteiger partial charge in [-0.05, 0) is 35.9 Å². The monoisotopic (exact) mass is 372 g/mol. The molecule has 1 unspecified atom stereocenters. The van der Waals surface area contributed by atoms with Crippen molar-refractivity contribution < 1.29 is 5.11 Å². The number of benzene rings is 2. The number of rotatable bonds is 7. The van der Waals surface area contributed by atoms with Gasteiger partial charge in [0, 0.05) is 17.6 Å². The van der Waals surface area contributed by atoms with Crippen LogP contribution in [0.5, 0.6) is 0 Å². The molecule has 28 heavy (non-hydrogen) atoms. The molecule has 2 aromatic heterocycles. The van der Waals surface area contributed by atoms with E-state index in [9.17, 15) is 5.11 Å². The molecule has 0 saturated heterocycles. The average Bonchev–Trinajstić information content (AvgIpc) is 3.12. The molecule has 0 aliphatic rings. The maximum atomic E-state index is 9.57. The number of fused-ring (bicyclic) bond motifs is 1. The van der Waals surface area contributed by atoms with Crippen LogP contribution in [0.15, 0.2) is 79.6 Å². The van der Waals surface area contributed by atoms with Crippen LogP contribution in [0.1, 0.15) is 5.56 Å². The van der Waals surface area contributed by atoms with E-state index >= 15 is 0 Å². The van der Waals surface area contributed by atoms with Gasteiger partial charge < -0.3 is 15.7 Å². The Balaban J connectivity index is 1.53. The van der Waals surface area contributed by atoms with Crippen LogP contribution < -0.4 is 10.6 Å². The zero-order valence-electron chi connectivity index (χ0n) is 15.2. The fourth-order valence-corrected chi connectivity index (χ4v) is 2.80. The predicted molar refractivity (Wildman–Crippen MR) is 110 cm³/mol. The number of para-hydroxylation sites is 1. The van der Waals surface area contributed by atoms with Gasteiger partial charge in [0.15, 0.2) is 5.65 Å². The van der Waals surface area contributed by atoms with Crippen molar-refractivity contribution in [3.05, 3.63) is 85.2 Å². The van der Waals surface area contributed by atoms with E-state index in [1.165, 1.54) is 6.08 Å². The summed E-state index contributed by atoms with van der Waals surface area (Å²) in [4.78, 5) is 8.97. The molecule has 1 atom stereocenters. The second-order valence-electron chi connectivity index (χ2n) is 6.29. The van der Waals surface area contributed by atoms with Crippen LogP contribution in [0.2, 0.25) is 0 Å². The molecule has 3 N–H and O–H groups in total. The smallest absolute Gasteiger partial charge is 0.229 e. The molecule has 0 bridgehead atoms. The number of nitrogens with zero attached hydrogens (tertiary/aromatic N) is 4. The Morgan fingerprint density at radius 2 is 1.82 bits per heavy atom. The molecule has 4 rings (SSSR count). The third-order valence-corrected chi connectivity index (χ3v) is 4.23. The largest absolute Gasteiger partial charge is 0.370 e. The zero-order chi connectivity index (χ0) is 19.3. The van der Waals surface area contributed by atoms with Gasteiger partial charge in [0.1, 0.15) is 6.23 Å². The van der Waals surface area contributed by atoms with E-state index < -0.39 is 6.23 Å². The van der Waals surface area contributed by atoms with Gasteiger partial charge in [-0.2, -0.15) is 10.1 Å². The van der Waals surface area contributed by atoms with Crippen molar-refractivity contribution in [2.24, 2.45) is 0 Å². The summed E-state index contributed by atoms with van der Waals surface area (Å²) in [5.41, 5.74) is 3.58. The van der Waals surface area contributed by atoms with E-state index in [-0.39, 0.29) is 0 Å². The van der Waals surface area contributed by atoms with Gasteiger partial charge in [0.05, 0.1) is 18.1 Å². The fourth-order valence-electron chi connectivity index (χ4n) is 2.80. The van der Waals surface area contributed by atoms with Crippen molar-refractivity contribution in [2.45, 2.75) is 12.8 Å². The summed E-state index contributed by atoms with van der Waals surface area (Å²) in [6.45, 7) is 4.12. The molecule has 0 aliphatic carbocycles. The predicted octanol–water partition coefficient (Wildman–Crippen LogP) is 3.53. The zero-order valence-corrected chi connectivity index (χ0v) is 15.2. The molecule has 7 nitrogen and oxygen atoms in total. The van der Waals surface area contributed by atoms with Crippen molar-refractivity contribution in [2.75, 3.05) is 10.6 Å². The fraction of sp³-hybridized carbons (Fsp3) is 0.0952. The highest BCUT2D eigenvalue weighted by Gasteiger charge is 2.08. The molecule has 0 radical (unpaired) electrons. The maximum Gasteiger partial charge on any atom is 0.229 e. The van der Waals surface area contributed by atoms with Crippen LogP contribution in [0.25, 0.3) is 11.0 Å². The van der Waals surface area contributed by atoms with E-state index in [2.05, 4.69) is 32.3 Å². The normalized spacial score (nSPS) is 11.9. The second kappa shape index (κ2) is 7.89. The number of hydrogen-bond donors (Lipinski definition) is 3. The summed E-state index contributed by atoms with van der Waals surface area (Å²) < 4.78 is 1.84. The van der Waals surface area contributed by atoms with Gasteiger partial charge in [-0.3, -0.25) is 0 Å². The average molecular weight is 372 g/mol. The van der Waals surface area contributed by atoms with Crippen LogP contribution in [-0.4, -0.2) is 31.1 Å². The Labute approximate surface area is 162 Å². The molecule has 0 aliphatic heterocycles. The lowest BCUT2D eigenvalue weighted by Gasteiger charge is -2.10. The van der Waals surface area contributed by atoms with E-state index in [4.69, 9.17) is 0 Å². The highest BCUT2D eigenvalue weighted by atomic mass is 16.3. The molecule has 140 valence electrons. The molecule has 2 aromatic carbocycles. The summed E-state index contributed by atoms with van der Waals surface area (Å²) >= 11 is 0. The Bertz CT molecular complexity index is 1080. The maximum absolute atomic E-state index is 9.57. The van der Waals surface area contributed by atoms with Crippen LogP contribution in [0, 0.1) is 0 Å². The van der Waals surface area contributed by atoms with Gasteiger partial charge in [-0.15, -0.1) is 0 Å². The Hall–Kier alpha value is -3.71. The van der Waals surface area contributed by atoms with Crippen LogP contribution in [-0.2, 0) is 6.54 Å². The Kier molecular flexibility index (Phi) is 4.99. The molecule has 0 saturated carbocycles. The first-order valence-electron chi connectivity index (χ1n) is 8.88. The third-order valence-electron chi connectivity index (χ3n) is 4.23. The molecular weight excluding hydrogens is 352 g/mol. The molecule has 0 spiro atoms. The van der Waals surface area contributed by atoms with E-state index in [1.807, 2.05) is 59.3 Å². The first-order valence-corrected chi connectivity index (χ1v) is 8.88. The van der Waals surface area contributed by atoms with E-state index in [1.54, 1.807) is 12.4 Å². The van der Waals surface area contributed by atoms with Gasteiger partial charge in [-0.25, -0.2) is 9.67 Å². The van der Waals surface area contributed by atoms with Gasteiger partial charge in [0.2, 0.25) is 5.95 Å². The highest BCUT2D eigenvalue weighted by Crippen LogP contribution is 2.18. The lowest BCUT2D eigenvalue weighted by molar-refractivity contribution is 0.253. The van der Waals surface area contributed by atoms with Gasteiger partial charge in [0.25, 0.3) is 0 Å². The highest BCUT2D eigenvalue weighted by molar-refractivity contribution is 5.75. The number of aliphatic hydroxyl groups is 1. The second-order valence-corrected chi connectivity index (χ2v) is 6.29. The van der Waals surface area contributed by atoms with Gasteiger partial charge in [-0.1, -0.05) is 36.9 Å². The standard InChI is InChI=1S/C21H20N6O/c1-2-19(28)24-18-10-8-15(9-11-18)14-27-20-16(13-23-27)12-22-21(26-20)25-17-6-4-3-5-7-17/h2-13,19,24,28H,1,14H2,(H,22,25,26). The molecule has 0 amide bonds. The summed E-state index contributed by atoms with van der Waals surface area (Å²) in [5.74, 6) is 0.526. The first-order chi connectivity index (χ1) is 13.7. The van der Waals surface area contributed by atoms with Crippen molar-refractivity contribution >= 4 is 28.4 Å². The lowest BCUT2D eigenvalue weighted by atomic mass is 10.2. The van der Waals surface area contributed by atoms with Crippen LogP contribution in [0.4, 0.5) is 17.3 Å². The topological polar surface area (TPSA) is 87.9 Å². The van der Waals surface area contributed by atoms with Crippen LogP contribution in [0.3, 0.4) is 0 Å². The Morgan fingerprint density at radius 3 is 2.57 bits per heavy atom. The van der Waals surface area contributed by atoms with E-state index in [0.29, 0.717) is 12.5 Å². The quantitative estimate of drug-likeness (QED) is 0.340. The molecule has 4 aromatic rings. The minimum atomic E-state index is -0.770. The first kappa shape index (κ1) is 17.7. The summed E-state index contributed by atoms with van der Waals surface area (Å²) in [6.07, 6.45) is 4.19. The molecular formula is C21H20N6O. The summed E-state index contributed by atoms with van der Waals surface area (Å²) in [7, 11) is 0. The van der Waals surface area contributed by atoms with Crippen molar-refractivity contribution in [1.82, 2.24) is 19.7 Å².